The van der Waals surface area contributed by atoms with Crippen molar-refractivity contribution < 1.29 is 9.47 Å². The minimum atomic E-state index is -0.232. The smallest absolute Gasteiger partial charge is 0.119 e. The van der Waals surface area contributed by atoms with Crippen LogP contribution in [0.15, 0.2) is 24.3 Å². The van der Waals surface area contributed by atoms with Crippen LogP contribution in [0.1, 0.15) is 44.2 Å². The van der Waals surface area contributed by atoms with Crippen molar-refractivity contribution in [1.29, 1.82) is 0 Å². The van der Waals surface area contributed by atoms with Crippen molar-refractivity contribution in [2.75, 3.05) is 14.2 Å². The predicted molar refractivity (Wildman–Crippen MR) is 77.3 cm³/mol. The molecule has 1 fully saturated rings. The van der Waals surface area contributed by atoms with Crippen molar-refractivity contribution >= 4 is 0 Å². The van der Waals surface area contributed by atoms with Crippen LogP contribution in [0.3, 0.4) is 0 Å². The molecule has 3 unspecified atom stereocenters. The Bertz CT molecular complexity index is 421. The molecule has 1 aliphatic rings. The fourth-order valence-corrected chi connectivity index (χ4v) is 3.28. The van der Waals surface area contributed by atoms with Crippen molar-refractivity contribution in [3.05, 3.63) is 29.8 Å². The van der Waals surface area contributed by atoms with Crippen LogP contribution in [0.2, 0.25) is 0 Å². The van der Waals surface area contributed by atoms with E-state index in [9.17, 15) is 0 Å². The standard InChI is InChI=1S/C16H25NO2/c1-12-6-5-9-16(11-12,19-3)15(17)13-7-4-8-14(10-13)18-2/h4,7-8,10,12,15H,5-6,9,11,17H2,1-3H3. The lowest BCUT2D eigenvalue weighted by atomic mass is 9.73. The second-order valence-electron chi connectivity index (χ2n) is 5.72. The number of hydrogen-bond donors (Lipinski definition) is 1. The van der Waals surface area contributed by atoms with Gasteiger partial charge in [0.1, 0.15) is 5.75 Å². The van der Waals surface area contributed by atoms with Gasteiger partial charge in [0.15, 0.2) is 0 Å². The minimum absolute atomic E-state index is 0.102. The Balaban J connectivity index is 2.26. The van der Waals surface area contributed by atoms with Gasteiger partial charge in [0, 0.05) is 7.11 Å². The molecule has 3 heteroatoms. The van der Waals surface area contributed by atoms with Crippen LogP contribution in [0.25, 0.3) is 0 Å². The van der Waals surface area contributed by atoms with Gasteiger partial charge in [-0.05, 0) is 36.5 Å². The lowest BCUT2D eigenvalue weighted by Gasteiger charge is -2.43. The summed E-state index contributed by atoms with van der Waals surface area (Å²) in [5.41, 5.74) is 7.38. The summed E-state index contributed by atoms with van der Waals surface area (Å²) in [6.07, 6.45) is 4.52. The third kappa shape index (κ3) is 2.93. The van der Waals surface area contributed by atoms with Crippen molar-refractivity contribution in [1.82, 2.24) is 0 Å². The minimum Gasteiger partial charge on any atom is -0.497 e. The van der Waals surface area contributed by atoms with E-state index >= 15 is 0 Å². The molecule has 0 heterocycles. The van der Waals surface area contributed by atoms with E-state index in [0.717, 1.165) is 24.2 Å². The second kappa shape index (κ2) is 5.93. The number of nitrogens with two attached hydrogens (primary N) is 1. The molecule has 0 spiro atoms. The van der Waals surface area contributed by atoms with E-state index in [1.165, 1.54) is 12.8 Å². The van der Waals surface area contributed by atoms with Gasteiger partial charge < -0.3 is 15.2 Å². The third-order valence-electron chi connectivity index (χ3n) is 4.42. The molecule has 106 valence electrons. The normalized spacial score (nSPS) is 28.9. The van der Waals surface area contributed by atoms with Gasteiger partial charge in [0.25, 0.3) is 0 Å². The summed E-state index contributed by atoms with van der Waals surface area (Å²) in [5.74, 6) is 1.52. The molecule has 3 atom stereocenters. The topological polar surface area (TPSA) is 44.5 Å². The van der Waals surface area contributed by atoms with Gasteiger partial charge in [-0.2, -0.15) is 0 Å². The highest BCUT2D eigenvalue weighted by atomic mass is 16.5. The van der Waals surface area contributed by atoms with Crippen LogP contribution in [-0.2, 0) is 4.74 Å². The van der Waals surface area contributed by atoms with Crippen LogP contribution in [-0.4, -0.2) is 19.8 Å². The lowest BCUT2D eigenvalue weighted by molar-refractivity contribution is -0.0718. The van der Waals surface area contributed by atoms with Crippen molar-refractivity contribution in [2.45, 2.75) is 44.2 Å². The zero-order chi connectivity index (χ0) is 13.9. The molecule has 0 amide bonds. The highest BCUT2D eigenvalue weighted by Crippen LogP contribution is 2.42. The number of methoxy groups -OCH3 is 2. The maximum Gasteiger partial charge on any atom is 0.119 e. The highest BCUT2D eigenvalue weighted by Gasteiger charge is 2.41. The molecule has 0 aromatic heterocycles. The zero-order valence-electron chi connectivity index (χ0n) is 12.2. The predicted octanol–water partition coefficient (Wildman–Crippen LogP) is 3.29. The summed E-state index contributed by atoms with van der Waals surface area (Å²) in [6.45, 7) is 2.28. The first-order valence-corrected chi connectivity index (χ1v) is 7.06. The first-order chi connectivity index (χ1) is 9.11. The van der Waals surface area contributed by atoms with Crippen molar-refractivity contribution in [2.24, 2.45) is 11.7 Å². The zero-order valence-corrected chi connectivity index (χ0v) is 12.2. The number of rotatable bonds is 4. The number of hydrogen-bond acceptors (Lipinski definition) is 3. The largest absolute Gasteiger partial charge is 0.497 e. The molecule has 2 rings (SSSR count). The molecular weight excluding hydrogens is 238 g/mol. The van der Waals surface area contributed by atoms with Gasteiger partial charge in [0.05, 0.1) is 18.8 Å². The molecule has 0 saturated heterocycles. The van der Waals surface area contributed by atoms with Crippen LogP contribution in [0, 0.1) is 5.92 Å². The first kappa shape index (κ1) is 14.4. The van der Waals surface area contributed by atoms with Crippen LogP contribution in [0.5, 0.6) is 5.75 Å². The Hall–Kier alpha value is -1.06. The molecule has 1 aromatic carbocycles. The molecule has 0 radical (unpaired) electrons. The van der Waals surface area contributed by atoms with Crippen LogP contribution in [0.4, 0.5) is 0 Å². The van der Waals surface area contributed by atoms with Gasteiger partial charge >= 0.3 is 0 Å². The van der Waals surface area contributed by atoms with E-state index in [1.807, 2.05) is 18.2 Å². The molecule has 0 aliphatic heterocycles. The molecule has 1 saturated carbocycles. The van der Waals surface area contributed by atoms with Crippen LogP contribution >= 0.6 is 0 Å². The van der Waals surface area contributed by atoms with E-state index in [2.05, 4.69) is 13.0 Å². The highest BCUT2D eigenvalue weighted by molar-refractivity contribution is 5.32. The Morgan fingerprint density at radius 2 is 2.16 bits per heavy atom. The SMILES string of the molecule is COc1cccc(C(N)C2(OC)CCCC(C)C2)c1. The van der Waals surface area contributed by atoms with Gasteiger partial charge in [0.2, 0.25) is 0 Å². The Kier molecular flexibility index (Phi) is 4.48. The van der Waals surface area contributed by atoms with Gasteiger partial charge in [-0.3, -0.25) is 0 Å². The van der Waals surface area contributed by atoms with Crippen molar-refractivity contribution in [3.63, 3.8) is 0 Å². The van der Waals surface area contributed by atoms with E-state index in [4.69, 9.17) is 15.2 Å². The molecule has 1 aromatic rings. The molecule has 19 heavy (non-hydrogen) atoms. The average molecular weight is 263 g/mol. The summed E-state index contributed by atoms with van der Waals surface area (Å²) in [5, 5.41) is 0. The summed E-state index contributed by atoms with van der Waals surface area (Å²) in [7, 11) is 3.47. The summed E-state index contributed by atoms with van der Waals surface area (Å²) in [4.78, 5) is 0. The average Bonchev–Trinajstić information content (AvgIpc) is 2.46. The van der Waals surface area contributed by atoms with Gasteiger partial charge in [-0.15, -0.1) is 0 Å². The maximum absolute atomic E-state index is 6.52. The Morgan fingerprint density at radius 1 is 1.37 bits per heavy atom. The van der Waals surface area contributed by atoms with Gasteiger partial charge in [-0.1, -0.05) is 31.9 Å². The number of ether oxygens (including phenoxy) is 2. The van der Waals surface area contributed by atoms with Crippen LogP contribution < -0.4 is 10.5 Å². The molecule has 1 aliphatic carbocycles. The van der Waals surface area contributed by atoms with E-state index in [1.54, 1.807) is 14.2 Å². The molecule has 0 bridgehead atoms. The molecule has 2 N–H and O–H groups in total. The summed E-state index contributed by atoms with van der Waals surface area (Å²) >= 11 is 0. The van der Waals surface area contributed by atoms with E-state index < -0.39 is 0 Å². The molecular formula is C16H25NO2. The van der Waals surface area contributed by atoms with E-state index in [0.29, 0.717) is 5.92 Å². The lowest BCUT2D eigenvalue weighted by Crippen LogP contribution is -2.46. The fraction of sp³-hybridized carbons (Fsp3) is 0.625. The third-order valence-corrected chi connectivity index (χ3v) is 4.42. The molecule has 3 nitrogen and oxygen atoms in total. The monoisotopic (exact) mass is 263 g/mol. The quantitative estimate of drug-likeness (QED) is 0.906. The maximum atomic E-state index is 6.52. The second-order valence-corrected chi connectivity index (χ2v) is 5.72. The van der Waals surface area contributed by atoms with Crippen molar-refractivity contribution in [3.8, 4) is 5.75 Å². The van der Waals surface area contributed by atoms with E-state index in [-0.39, 0.29) is 11.6 Å². The Labute approximate surface area is 116 Å². The first-order valence-electron chi connectivity index (χ1n) is 7.06. The summed E-state index contributed by atoms with van der Waals surface area (Å²) in [6, 6.07) is 7.91. The Morgan fingerprint density at radius 3 is 2.79 bits per heavy atom. The fourth-order valence-electron chi connectivity index (χ4n) is 3.28. The summed E-state index contributed by atoms with van der Waals surface area (Å²) < 4.78 is 11.2. The van der Waals surface area contributed by atoms with Gasteiger partial charge in [-0.25, -0.2) is 0 Å². The number of benzene rings is 1.